The molecule has 7 heteroatoms. The zero-order chi connectivity index (χ0) is 22.0. The Labute approximate surface area is 179 Å². The standard InChI is InChI=1S/C24H23FN4O2/c1-16-6-7-20(17(2)12-16)21-15-22-24(31)28(10-11-29(22)27-21)9-8-26-23(30)14-18-4-3-5-19(25)13-18/h3-7,10-13,15H,8-9,14H2,1-2H3,(H,26,30). The van der Waals surface area contributed by atoms with E-state index in [1.165, 1.54) is 17.7 Å². The summed E-state index contributed by atoms with van der Waals surface area (Å²) in [5.41, 5.74) is 4.92. The molecule has 158 valence electrons. The number of aryl methyl sites for hydroxylation is 2. The van der Waals surface area contributed by atoms with Crippen molar-refractivity contribution in [3.8, 4) is 11.3 Å². The Morgan fingerprint density at radius 3 is 2.71 bits per heavy atom. The summed E-state index contributed by atoms with van der Waals surface area (Å²) in [6, 6.07) is 13.9. The number of nitrogens with zero attached hydrogens (tertiary/aromatic N) is 3. The molecule has 2 aromatic carbocycles. The van der Waals surface area contributed by atoms with Crippen LogP contribution in [0.2, 0.25) is 0 Å². The van der Waals surface area contributed by atoms with E-state index in [2.05, 4.69) is 16.5 Å². The Bertz CT molecular complexity index is 1320. The topological polar surface area (TPSA) is 68.4 Å². The fourth-order valence-corrected chi connectivity index (χ4v) is 3.65. The minimum atomic E-state index is -0.369. The molecule has 2 heterocycles. The van der Waals surface area contributed by atoms with Gasteiger partial charge in [-0.15, -0.1) is 0 Å². The molecule has 1 amide bonds. The van der Waals surface area contributed by atoms with Crippen LogP contribution in [0.1, 0.15) is 16.7 Å². The number of carbonyl (C=O) groups excluding carboxylic acids is 1. The van der Waals surface area contributed by atoms with Gasteiger partial charge in [0.25, 0.3) is 5.56 Å². The Kier molecular flexibility index (Phi) is 5.66. The van der Waals surface area contributed by atoms with Gasteiger partial charge < -0.3 is 9.88 Å². The molecular formula is C24H23FN4O2. The summed E-state index contributed by atoms with van der Waals surface area (Å²) in [5, 5.41) is 7.32. The second-order valence-corrected chi connectivity index (χ2v) is 7.63. The minimum absolute atomic E-state index is 0.0909. The maximum Gasteiger partial charge on any atom is 0.276 e. The van der Waals surface area contributed by atoms with Gasteiger partial charge in [0.1, 0.15) is 11.3 Å². The Balaban J connectivity index is 1.45. The van der Waals surface area contributed by atoms with Crippen LogP contribution < -0.4 is 10.9 Å². The summed E-state index contributed by atoms with van der Waals surface area (Å²) >= 11 is 0. The predicted octanol–water partition coefficient (Wildman–Crippen LogP) is 3.28. The van der Waals surface area contributed by atoms with Gasteiger partial charge in [0.05, 0.1) is 12.1 Å². The zero-order valence-electron chi connectivity index (χ0n) is 17.4. The van der Waals surface area contributed by atoms with Crippen molar-refractivity contribution in [1.82, 2.24) is 19.5 Å². The van der Waals surface area contributed by atoms with Crippen molar-refractivity contribution in [1.29, 1.82) is 0 Å². The van der Waals surface area contributed by atoms with Gasteiger partial charge in [-0.3, -0.25) is 9.59 Å². The van der Waals surface area contributed by atoms with Crippen molar-refractivity contribution in [3.05, 3.63) is 93.8 Å². The van der Waals surface area contributed by atoms with Crippen molar-refractivity contribution < 1.29 is 9.18 Å². The molecule has 0 saturated carbocycles. The first kappa shape index (κ1) is 20.5. The van der Waals surface area contributed by atoms with Gasteiger partial charge in [0.2, 0.25) is 5.91 Å². The summed E-state index contributed by atoms with van der Waals surface area (Å²) < 4.78 is 16.4. The van der Waals surface area contributed by atoms with Crippen LogP contribution in [0.4, 0.5) is 4.39 Å². The van der Waals surface area contributed by atoms with E-state index in [9.17, 15) is 14.0 Å². The van der Waals surface area contributed by atoms with Gasteiger partial charge in [0.15, 0.2) is 0 Å². The molecule has 2 aromatic heterocycles. The van der Waals surface area contributed by atoms with Crippen LogP contribution in [0.5, 0.6) is 0 Å². The van der Waals surface area contributed by atoms with E-state index in [-0.39, 0.29) is 23.7 Å². The fourth-order valence-electron chi connectivity index (χ4n) is 3.65. The molecule has 1 N–H and O–H groups in total. The Hall–Kier alpha value is -3.74. The number of halogens is 1. The lowest BCUT2D eigenvalue weighted by molar-refractivity contribution is -0.120. The highest BCUT2D eigenvalue weighted by Gasteiger charge is 2.11. The molecule has 31 heavy (non-hydrogen) atoms. The van der Waals surface area contributed by atoms with Crippen LogP contribution in [-0.4, -0.2) is 26.6 Å². The first-order chi connectivity index (χ1) is 14.9. The van der Waals surface area contributed by atoms with Crippen LogP contribution in [0.25, 0.3) is 16.8 Å². The van der Waals surface area contributed by atoms with Crippen LogP contribution in [0.3, 0.4) is 0 Å². The first-order valence-electron chi connectivity index (χ1n) is 10.1. The summed E-state index contributed by atoms with van der Waals surface area (Å²) in [6.45, 7) is 4.68. The molecule has 0 aliphatic rings. The number of nitrogens with one attached hydrogen (secondary N) is 1. The third-order valence-corrected chi connectivity index (χ3v) is 5.19. The van der Waals surface area contributed by atoms with E-state index in [0.29, 0.717) is 24.2 Å². The zero-order valence-corrected chi connectivity index (χ0v) is 17.4. The van der Waals surface area contributed by atoms with Crippen molar-refractivity contribution in [3.63, 3.8) is 0 Å². The number of hydrogen-bond donors (Lipinski definition) is 1. The van der Waals surface area contributed by atoms with Crippen molar-refractivity contribution in [2.45, 2.75) is 26.8 Å². The quantitative estimate of drug-likeness (QED) is 0.523. The highest BCUT2D eigenvalue weighted by molar-refractivity contribution is 5.78. The summed E-state index contributed by atoms with van der Waals surface area (Å²) in [7, 11) is 0. The first-order valence-corrected chi connectivity index (χ1v) is 10.1. The molecule has 0 aliphatic heterocycles. The monoisotopic (exact) mass is 418 g/mol. The Morgan fingerprint density at radius 2 is 1.94 bits per heavy atom. The molecule has 4 rings (SSSR count). The summed E-state index contributed by atoms with van der Waals surface area (Å²) in [4.78, 5) is 25.0. The molecule has 0 spiro atoms. The molecule has 4 aromatic rings. The maximum atomic E-state index is 13.2. The number of benzene rings is 2. The maximum absolute atomic E-state index is 13.2. The van der Waals surface area contributed by atoms with Crippen molar-refractivity contribution >= 4 is 11.4 Å². The fraction of sp³-hybridized carbons (Fsp3) is 0.208. The van der Waals surface area contributed by atoms with E-state index < -0.39 is 0 Å². The Morgan fingerprint density at radius 1 is 1.10 bits per heavy atom. The molecule has 0 saturated heterocycles. The lowest BCUT2D eigenvalue weighted by Gasteiger charge is -2.08. The number of fused-ring (bicyclic) bond motifs is 1. The van der Waals surface area contributed by atoms with Crippen molar-refractivity contribution in [2.75, 3.05) is 6.54 Å². The average molecular weight is 418 g/mol. The number of rotatable bonds is 6. The molecular weight excluding hydrogens is 395 g/mol. The smallest absolute Gasteiger partial charge is 0.276 e. The summed E-state index contributed by atoms with van der Waals surface area (Å²) in [6.07, 6.45) is 3.48. The normalized spacial score (nSPS) is 11.1. The van der Waals surface area contributed by atoms with E-state index in [4.69, 9.17) is 0 Å². The minimum Gasteiger partial charge on any atom is -0.354 e. The predicted molar refractivity (Wildman–Crippen MR) is 117 cm³/mol. The van der Waals surface area contributed by atoms with Gasteiger partial charge >= 0.3 is 0 Å². The molecule has 0 bridgehead atoms. The molecule has 0 fully saturated rings. The van der Waals surface area contributed by atoms with Crippen LogP contribution in [0, 0.1) is 19.7 Å². The van der Waals surface area contributed by atoms with Crippen LogP contribution in [0.15, 0.2) is 65.7 Å². The van der Waals surface area contributed by atoms with Crippen LogP contribution in [-0.2, 0) is 17.8 Å². The molecule has 0 atom stereocenters. The van der Waals surface area contributed by atoms with Crippen molar-refractivity contribution in [2.24, 2.45) is 0 Å². The van der Waals surface area contributed by atoms with Gasteiger partial charge in [0, 0.05) is 31.0 Å². The second-order valence-electron chi connectivity index (χ2n) is 7.63. The lowest BCUT2D eigenvalue weighted by Crippen LogP contribution is -2.32. The average Bonchev–Trinajstić information content (AvgIpc) is 3.14. The molecule has 6 nitrogen and oxygen atoms in total. The van der Waals surface area contributed by atoms with E-state index in [1.807, 2.05) is 26.0 Å². The van der Waals surface area contributed by atoms with Gasteiger partial charge in [-0.25, -0.2) is 8.91 Å². The van der Waals surface area contributed by atoms with E-state index in [0.717, 1.165) is 16.8 Å². The largest absolute Gasteiger partial charge is 0.354 e. The third-order valence-electron chi connectivity index (χ3n) is 5.19. The lowest BCUT2D eigenvalue weighted by atomic mass is 10.0. The van der Waals surface area contributed by atoms with Gasteiger partial charge in [-0.2, -0.15) is 5.10 Å². The van der Waals surface area contributed by atoms with Gasteiger partial charge in [-0.05, 0) is 43.2 Å². The highest BCUT2D eigenvalue weighted by Crippen LogP contribution is 2.23. The van der Waals surface area contributed by atoms with Gasteiger partial charge in [-0.1, -0.05) is 35.9 Å². The van der Waals surface area contributed by atoms with E-state index in [1.54, 1.807) is 39.7 Å². The number of aromatic nitrogens is 3. The molecule has 0 aliphatic carbocycles. The third kappa shape index (κ3) is 4.55. The summed E-state index contributed by atoms with van der Waals surface area (Å²) in [5.74, 6) is -0.590. The van der Waals surface area contributed by atoms with Crippen LogP contribution >= 0.6 is 0 Å². The second kappa shape index (κ2) is 8.55. The van der Waals surface area contributed by atoms with E-state index >= 15 is 0 Å². The molecule has 0 radical (unpaired) electrons. The SMILES string of the molecule is Cc1ccc(-c2cc3c(=O)n(CCNC(=O)Cc4cccc(F)c4)ccn3n2)c(C)c1. The number of amides is 1. The number of carbonyl (C=O) groups is 1. The highest BCUT2D eigenvalue weighted by atomic mass is 19.1. The molecule has 0 unspecified atom stereocenters. The number of hydrogen-bond acceptors (Lipinski definition) is 3.